The number of benzene rings is 3. The van der Waals surface area contributed by atoms with Gasteiger partial charge in [-0.1, -0.05) is 78.9 Å². The van der Waals surface area contributed by atoms with E-state index < -0.39 is 0 Å². The van der Waals surface area contributed by atoms with E-state index in [1.807, 2.05) is 60.7 Å². The second-order valence-corrected chi connectivity index (χ2v) is 6.97. The first kappa shape index (κ1) is 17.1. The quantitative estimate of drug-likeness (QED) is 0.354. The van der Waals surface area contributed by atoms with Crippen molar-refractivity contribution in [2.75, 3.05) is 0 Å². The van der Waals surface area contributed by atoms with Crippen molar-refractivity contribution in [3.05, 3.63) is 109 Å². The zero-order chi connectivity index (χ0) is 19.6. The summed E-state index contributed by atoms with van der Waals surface area (Å²) in [7, 11) is 0. The number of aldehydes is 1. The van der Waals surface area contributed by atoms with Crippen LogP contribution in [0.5, 0.6) is 0 Å². The summed E-state index contributed by atoms with van der Waals surface area (Å²) < 4.78 is 2.08. The molecule has 0 N–H and O–H groups in total. The minimum Gasteiger partial charge on any atom is -0.305 e. The van der Waals surface area contributed by atoms with Crippen LogP contribution in [0.25, 0.3) is 39.2 Å². The van der Waals surface area contributed by atoms with Gasteiger partial charge in [-0.2, -0.15) is 0 Å². The maximum atomic E-state index is 11.2. The zero-order valence-corrected chi connectivity index (χ0v) is 15.7. The molecule has 5 rings (SSSR count). The second kappa shape index (κ2) is 7.21. The molecule has 0 spiro atoms. The van der Waals surface area contributed by atoms with Crippen LogP contribution in [0.1, 0.15) is 10.4 Å². The molecule has 0 saturated heterocycles. The van der Waals surface area contributed by atoms with Crippen molar-refractivity contribution in [1.82, 2.24) is 9.38 Å². The molecule has 0 unspecified atom stereocenters. The molecular weight excluding hydrogens is 356 g/mol. The van der Waals surface area contributed by atoms with E-state index in [4.69, 9.17) is 4.98 Å². The topological polar surface area (TPSA) is 34.4 Å². The van der Waals surface area contributed by atoms with Gasteiger partial charge in [-0.15, -0.1) is 0 Å². The van der Waals surface area contributed by atoms with Gasteiger partial charge in [-0.05, 0) is 28.8 Å². The molecule has 0 aliphatic heterocycles. The maximum Gasteiger partial charge on any atom is 0.150 e. The number of rotatable bonds is 4. The Morgan fingerprint density at radius 2 is 1.34 bits per heavy atom. The summed E-state index contributed by atoms with van der Waals surface area (Å²) in [6, 6.07) is 30.3. The Balaban J connectivity index is 1.76. The molecule has 3 heteroatoms. The molecule has 0 amide bonds. The molecule has 0 saturated carbocycles. The van der Waals surface area contributed by atoms with Crippen LogP contribution >= 0.6 is 0 Å². The van der Waals surface area contributed by atoms with E-state index in [0.29, 0.717) is 5.56 Å². The molecule has 0 bridgehead atoms. The largest absolute Gasteiger partial charge is 0.305 e. The highest BCUT2D eigenvalue weighted by Crippen LogP contribution is 2.32. The molecule has 0 aliphatic carbocycles. The van der Waals surface area contributed by atoms with Crippen molar-refractivity contribution in [1.29, 1.82) is 0 Å². The highest BCUT2D eigenvalue weighted by atomic mass is 16.1. The Bertz CT molecular complexity index is 1300. The zero-order valence-electron chi connectivity index (χ0n) is 15.7. The van der Waals surface area contributed by atoms with Crippen LogP contribution < -0.4 is 0 Å². The van der Waals surface area contributed by atoms with Gasteiger partial charge in [0, 0.05) is 29.1 Å². The van der Waals surface area contributed by atoms with Crippen LogP contribution in [0.15, 0.2) is 103 Å². The normalized spacial score (nSPS) is 10.9. The van der Waals surface area contributed by atoms with Gasteiger partial charge >= 0.3 is 0 Å². The average Bonchev–Trinajstić information content (AvgIpc) is 3.24. The van der Waals surface area contributed by atoms with Crippen LogP contribution in [0, 0.1) is 0 Å². The SMILES string of the molecule is O=Cc1cccc(-c2cc(-c3ccccc3)c3nc(-c4ccccc4)cn3c2)c1. The predicted octanol–water partition coefficient (Wildman–Crippen LogP) is 6.15. The van der Waals surface area contributed by atoms with E-state index in [-0.39, 0.29) is 0 Å². The van der Waals surface area contributed by atoms with Crippen molar-refractivity contribution in [2.24, 2.45) is 0 Å². The number of hydrogen-bond donors (Lipinski definition) is 0. The highest BCUT2D eigenvalue weighted by Gasteiger charge is 2.13. The van der Waals surface area contributed by atoms with Gasteiger partial charge in [0.15, 0.2) is 0 Å². The van der Waals surface area contributed by atoms with Crippen molar-refractivity contribution in [2.45, 2.75) is 0 Å². The molecule has 0 aliphatic rings. The van der Waals surface area contributed by atoms with Crippen molar-refractivity contribution >= 4 is 11.9 Å². The number of nitrogens with zero attached hydrogens (tertiary/aromatic N) is 2. The number of aromatic nitrogens is 2. The van der Waals surface area contributed by atoms with E-state index in [9.17, 15) is 4.79 Å². The van der Waals surface area contributed by atoms with Gasteiger partial charge in [0.05, 0.1) is 5.69 Å². The molecular formula is C26H18N2O. The number of carbonyl (C=O) groups excluding carboxylic acids is 1. The highest BCUT2D eigenvalue weighted by molar-refractivity contribution is 5.85. The standard InChI is InChI=1S/C26H18N2O/c29-18-19-8-7-13-22(14-19)23-15-24(20-9-3-1-4-10-20)26-27-25(17-28(26)16-23)21-11-5-2-6-12-21/h1-18H. The van der Waals surface area contributed by atoms with Crippen LogP contribution in [-0.2, 0) is 0 Å². The smallest absolute Gasteiger partial charge is 0.150 e. The monoisotopic (exact) mass is 374 g/mol. The summed E-state index contributed by atoms with van der Waals surface area (Å²) in [5.74, 6) is 0. The van der Waals surface area contributed by atoms with E-state index >= 15 is 0 Å². The fourth-order valence-corrected chi connectivity index (χ4v) is 3.63. The minimum absolute atomic E-state index is 0.666. The Kier molecular flexibility index (Phi) is 4.26. The molecule has 2 heterocycles. The van der Waals surface area contributed by atoms with Gasteiger partial charge in [-0.3, -0.25) is 4.79 Å². The fraction of sp³-hybridized carbons (Fsp3) is 0. The van der Waals surface area contributed by atoms with Crippen LogP contribution in [0.2, 0.25) is 0 Å². The predicted molar refractivity (Wildman–Crippen MR) is 117 cm³/mol. The molecule has 138 valence electrons. The molecule has 29 heavy (non-hydrogen) atoms. The summed E-state index contributed by atoms with van der Waals surface area (Å²) >= 11 is 0. The fourth-order valence-electron chi connectivity index (χ4n) is 3.63. The average molecular weight is 374 g/mol. The van der Waals surface area contributed by atoms with E-state index in [1.165, 1.54) is 0 Å². The van der Waals surface area contributed by atoms with Crippen LogP contribution in [0.4, 0.5) is 0 Å². The third kappa shape index (κ3) is 3.23. The molecule has 2 aromatic heterocycles. The van der Waals surface area contributed by atoms with Gasteiger partial charge in [0.25, 0.3) is 0 Å². The lowest BCUT2D eigenvalue weighted by atomic mass is 10.0. The summed E-state index contributed by atoms with van der Waals surface area (Å²) in [6.07, 6.45) is 5.01. The minimum atomic E-state index is 0.666. The summed E-state index contributed by atoms with van der Waals surface area (Å²) in [5, 5.41) is 0. The lowest BCUT2D eigenvalue weighted by molar-refractivity contribution is 0.112. The van der Waals surface area contributed by atoms with Crippen molar-refractivity contribution < 1.29 is 4.79 Å². The molecule has 5 aromatic rings. The molecule has 0 radical (unpaired) electrons. The van der Waals surface area contributed by atoms with E-state index in [1.54, 1.807) is 0 Å². The summed E-state index contributed by atoms with van der Waals surface area (Å²) in [5.41, 5.74) is 7.80. The first-order chi connectivity index (χ1) is 14.3. The van der Waals surface area contributed by atoms with Gasteiger partial charge in [0.1, 0.15) is 11.9 Å². The first-order valence-corrected chi connectivity index (χ1v) is 9.51. The number of hydrogen-bond acceptors (Lipinski definition) is 2. The number of imidazole rings is 1. The number of fused-ring (bicyclic) bond motifs is 1. The maximum absolute atomic E-state index is 11.2. The van der Waals surface area contributed by atoms with Crippen LogP contribution in [-0.4, -0.2) is 15.7 Å². The number of carbonyl (C=O) groups is 1. The molecule has 3 nitrogen and oxygen atoms in total. The Labute approximate surface area is 168 Å². The number of pyridine rings is 1. The molecule has 0 atom stereocenters. The van der Waals surface area contributed by atoms with Gasteiger partial charge in [0.2, 0.25) is 0 Å². The molecule has 0 fully saturated rings. The van der Waals surface area contributed by atoms with Crippen LogP contribution in [0.3, 0.4) is 0 Å². The van der Waals surface area contributed by atoms with E-state index in [0.717, 1.165) is 45.4 Å². The lowest BCUT2D eigenvalue weighted by Gasteiger charge is -2.09. The lowest BCUT2D eigenvalue weighted by Crippen LogP contribution is -1.91. The summed E-state index contributed by atoms with van der Waals surface area (Å²) in [6.45, 7) is 0. The Morgan fingerprint density at radius 3 is 2.07 bits per heavy atom. The van der Waals surface area contributed by atoms with Gasteiger partial charge in [-0.25, -0.2) is 4.98 Å². The molecule has 3 aromatic carbocycles. The van der Waals surface area contributed by atoms with Gasteiger partial charge < -0.3 is 4.40 Å². The first-order valence-electron chi connectivity index (χ1n) is 9.51. The Morgan fingerprint density at radius 1 is 0.655 bits per heavy atom. The van der Waals surface area contributed by atoms with Crippen molar-refractivity contribution in [3.8, 4) is 33.5 Å². The van der Waals surface area contributed by atoms with Crippen molar-refractivity contribution in [3.63, 3.8) is 0 Å². The second-order valence-electron chi connectivity index (χ2n) is 6.97. The summed E-state index contributed by atoms with van der Waals surface area (Å²) in [4.78, 5) is 16.2. The van der Waals surface area contributed by atoms with E-state index in [2.05, 4.69) is 47.1 Å². The third-order valence-electron chi connectivity index (χ3n) is 5.06. The third-order valence-corrected chi connectivity index (χ3v) is 5.06. The Hall–Kier alpha value is -3.98.